The van der Waals surface area contributed by atoms with Crippen LogP contribution in [0.25, 0.3) is 0 Å². The third-order valence-corrected chi connectivity index (χ3v) is 19.3. The van der Waals surface area contributed by atoms with Crippen LogP contribution in [0.1, 0.15) is 127 Å². The van der Waals surface area contributed by atoms with Crippen molar-refractivity contribution in [3.63, 3.8) is 0 Å². The molecule has 0 amide bonds. The molecule has 386 valence electrons. The van der Waals surface area contributed by atoms with Crippen molar-refractivity contribution in [1.29, 1.82) is 0 Å². The summed E-state index contributed by atoms with van der Waals surface area (Å²) in [7, 11) is 0. The highest BCUT2D eigenvalue weighted by atomic mass is 16.8. The Labute approximate surface area is 399 Å². The average Bonchev–Trinajstić information content (AvgIpc) is 3.26. The van der Waals surface area contributed by atoms with Crippen LogP contribution in [-0.2, 0) is 52.3 Å². The third kappa shape index (κ3) is 8.49. The number of aliphatic hydroxyl groups excluding tert-OH is 6. The summed E-state index contributed by atoms with van der Waals surface area (Å²) in [6.07, 6.45) is -9.52. The van der Waals surface area contributed by atoms with Gasteiger partial charge >= 0.3 is 17.9 Å². The Morgan fingerprint density at radius 2 is 1.35 bits per heavy atom. The predicted octanol–water partition coefficient (Wildman–Crippen LogP) is 3.13. The van der Waals surface area contributed by atoms with Crippen molar-refractivity contribution >= 4 is 17.9 Å². The van der Waals surface area contributed by atoms with Gasteiger partial charge in [0, 0.05) is 19.3 Å². The molecule has 0 spiro atoms. The topological polar surface area (TPSA) is 267 Å². The second-order valence-corrected chi connectivity index (χ2v) is 23.6. The molecule has 18 heteroatoms. The molecule has 3 aliphatic heterocycles. The van der Waals surface area contributed by atoms with Gasteiger partial charge in [-0.25, -0.2) is 0 Å². The van der Waals surface area contributed by atoms with Gasteiger partial charge in [0.25, 0.3) is 0 Å². The van der Waals surface area contributed by atoms with Gasteiger partial charge in [0.05, 0.1) is 37.4 Å². The van der Waals surface area contributed by atoms with Crippen molar-refractivity contribution in [3.8, 4) is 0 Å². The van der Waals surface area contributed by atoms with Crippen LogP contribution in [0.3, 0.4) is 0 Å². The van der Waals surface area contributed by atoms with E-state index in [9.17, 15) is 50.1 Å². The highest BCUT2D eigenvalue weighted by Gasteiger charge is 2.70. The second kappa shape index (κ2) is 18.6. The molecule has 68 heavy (non-hydrogen) atoms. The number of rotatable bonds is 10. The summed E-state index contributed by atoms with van der Waals surface area (Å²) in [5.74, 6) is -1.89. The zero-order valence-electron chi connectivity index (χ0n) is 41.2. The summed E-state index contributed by atoms with van der Waals surface area (Å²) in [5, 5.41) is 78.7. The maximum absolute atomic E-state index is 13.2. The monoisotopic (exact) mass is 967 g/mol. The van der Waals surface area contributed by atoms with Gasteiger partial charge in [0.15, 0.2) is 31.1 Å². The minimum Gasteiger partial charge on any atom is -0.481 e. The van der Waals surface area contributed by atoms with E-state index in [4.69, 9.17) is 37.9 Å². The smallest absolute Gasteiger partial charge is 0.310 e. The van der Waals surface area contributed by atoms with Crippen LogP contribution < -0.4 is 0 Å². The first-order valence-electron chi connectivity index (χ1n) is 24.9. The molecular formula is C50H78O18. The van der Waals surface area contributed by atoms with Crippen LogP contribution in [0.4, 0.5) is 0 Å². The number of hydrogen-bond acceptors (Lipinski definition) is 17. The minimum atomic E-state index is -1.79. The lowest BCUT2D eigenvalue weighted by atomic mass is 9.33. The van der Waals surface area contributed by atoms with Crippen LogP contribution >= 0.6 is 0 Å². The highest BCUT2D eigenvalue weighted by Crippen LogP contribution is 2.76. The number of fused-ring (bicyclic) bond motifs is 7. The Bertz CT molecular complexity index is 1930. The van der Waals surface area contributed by atoms with E-state index in [-0.39, 0.29) is 59.2 Å². The summed E-state index contributed by atoms with van der Waals surface area (Å²) in [6.45, 7) is 16.7. The number of ether oxygens (including phenoxy) is 8. The van der Waals surface area contributed by atoms with Gasteiger partial charge in [0.2, 0.25) is 0 Å². The molecule has 7 fully saturated rings. The third-order valence-electron chi connectivity index (χ3n) is 19.3. The van der Waals surface area contributed by atoms with Crippen LogP contribution in [-0.4, -0.2) is 159 Å². The molecule has 3 saturated heterocycles. The maximum atomic E-state index is 13.2. The lowest BCUT2D eigenvalue weighted by Crippen LogP contribution is -2.67. The first kappa shape index (κ1) is 52.0. The molecule has 7 N–H and O–H groups in total. The highest BCUT2D eigenvalue weighted by molar-refractivity contribution is 5.76. The molecule has 0 aromatic heterocycles. The number of carboxylic acid groups (broad SMARTS) is 1. The van der Waals surface area contributed by atoms with E-state index in [0.29, 0.717) is 19.3 Å². The van der Waals surface area contributed by atoms with Crippen LogP contribution in [0.5, 0.6) is 0 Å². The molecule has 5 aliphatic carbocycles. The molecule has 0 unspecified atom stereocenters. The molecule has 4 saturated carbocycles. The summed E-state index contributed by atoms with van der Waals surface area (Å²) >= 11 is 0. The summed E-state index contributed by atoms with van der Waals surface area (Å²) in [5.41, 5.74) is -0.641. The number of aliphatic hydroxyl groups is 6. The van der Waals surface area contributed by atoms with Crippen molar-refractivity contribution in [3.05, 3.63) is 11.6 Å². The van der Waals surface area contributed by atoms with E-state index in [1.54, 1.807) is 0 Å². The van der Waals surface area contributed by atoms with Gasteiger partial charge in [-0.2, -0.15) is 0 Å². The van der Waals surface area contributed by atoms with E-state index >= 15 is 0 Å². The fourth-order valence-corrected chi connectivity index (χ4v) is 15.2. The van der Waals surface area contributed by atoms with Crippen molar-refractivity contribution < 1.29 is 88.0 Å². The minimum absolute atomic E-state index is 0.00715. The zero-order valence-corrected chi connectivity index (χ0v) is 41.2. The number of esters is 2. The number of carbonyl (C=O) groups excluding carboxylic acids is 2. The summed E-state index contributed by atoms with van der Waals surface area (Å²) < 4.78 is 47.1. The molecular weight excluding hydrogens is 889 g/mol. The van der Waals surface area contributed by atoms with Crippen LogP contribution in [0, 0.1) is 50.2 Å². The molecule has 0 radical (unpaired) electrons. The Hall–Kier alpha value is -2.33. The van der Waals surface area contributed by atoms with Gasteiger partial charge in [-0.05, 0) is 111 Å². The molecule has 0 bridgehead atoms. The quantitative estimate of drug-likeness (QED) is 0.0942. The van der Waals surface area contributed by atoms with Crippen LogP contribution in [0.2, 0.25) is 0 Å². The standard InChI is InChI=1S/C50H78O18/c1-24-34(55)39(67-41-36(57)38(65-26(3)53)30(22-62-41)64-25(2)52)37(58)42(63-24)68-40-35(56)29(54)21-61-43(40)66-33-13-14-46(6)31(47(33,7)23-51)12-15-49(9)32(46)11-10-27-28-20-45(4,5)16-18-50(28,44(59)60)19-17-48(27,49)8/h10,24,28-43,51,54-58H,11-23H2,1-9H3,(H,59,60)/t24-,28+,29-,30+,31+,32+,33-,34-,35-,36+,37+,38-,39+,40+,41-,42-,43-,46-,47-,48+,49+,50-/m0/s1. The zero-order chi connectivity index (χ0) is 49.7. The predicted molar refractivity (Wildman–Crippen MR) is 238 cm³/mol. The molecule has 0 aromatic rings. The number of allylic oxidation sites excluding steroid dienone is 2. The molecule has 3 heterocycles. The first-order chi connectivity index (χ1) is 31.8. The Balaban J connectivity index is 1.00. The van der Waals surface area contributed by atoms with Gasteiger partial charge in [-0.1, -0.05) is 53.2 Å². The van der Waals surface area contributed by atoms with E-state index in [1.165, 1.54) is 12.5 Å². The number of carboxylic acids is 1. The summed E-state index contributed by atoms with van der Waals surface area (Å²) in [4.78, 5) is 36.8. The maximum Gasteiger partial charge on any atom is 0.310 e. The van der Waals surface area contributed by atoms with Crippen molar-refractivity contribution in [2.75, 3.05) is 19.8 Å². The van der Waals surface area contributed by atoms with E-state index in [2.05, 4.69) is 40.7 Å². The van der Waals surface area contributed by atoms with E-state index < -0.39 is 115 Å². The Morgan fingerprint density at radius 3 is 2.01 bits per heavy atom. The number of aliphatic carboxylic acids is 1. The van der Waals surface area contributed by atoms with Crippen molar-refractivity contribution in [2.45, 2.75) is 213 Å². The lowest BCUT2D eigenvalue weighted by Gasteiger charge is -2.71. The fraction of sp³-hybridized carbons (Fsp3) is 0.900. The van der Waals surface area contributed by atoms with Gasteiger partial charge in [-0.3, -0.25) is 14.4 Å². The molecule has 8 rings (SSSR count). The molecule has 18 nitrogen and oxygen atoms in total. The lowest BCUT2D eigenvalue weighted by molar-refractivity contribution is -0.379. The average molecular weight is 967 g/mol. The number of carbonyl (C=O) groups is 3. The Kier molecular flexibility index (Phi) is 14.2. The van der Waals surface area contributed by atoms with Gasteiger partial charge < -0.3 is 73.6 Å². The SMILES string of the molecule is CC(=O)O[C@@H]1[C@@H](O)[C@H](O[C@@H]2[C@@H](O)[C@H](C)O[C@@H](O[C@H]3[C@H](O[C@H]4CC[C@@]5(C)[C@@H](CC[C@]6(C)[C@@H]5CC=C5[C@H]7CC(C)(C)CC[C@]7(C(=O)O)CC[C@]56C)[C@]4(C)CO)OC[C@H](O)[C@@H]3O)[C@@H]2O)OC[C@H]1OC(C)=O. The molecule has 0 aromatic carbocycles. The van der Waals surface area contributed by atoms with E-state index in [1.807, 2.05) is 6.92 Å². The van der Waals surface area contributed by atoms with Crippen molar-refractivity contribution in [1.82, 2.24) is 0 Å². The first-order valence-corrected chi connectivity index (χ1v) is 24.9. The van der Waals surface area contributed by atoms with Gasteiger partial charge in [0.1, 0.15) is 42.7 Å². The molecule has 8 aliphatic rings. The number of hydrogen-bond donors (Lipinski definition) is 7. The fourth-order valence-electron chi connectivity index (χ4n) is 15.2. The van der Waals surface area contributed by atoms with Crippen molar-refractivity contribution in [2.24, 2.45) is 50.2 Å². The normalized spacial score (nSPS) is 51.1. The van der Waals surface area contributed by atoms with E-state index in [0.717, 1.165) is 58.8 Å². The largest absolute Gasteiger partial charge is 0.481 e. The van der Waals surface area contributed by atoms with Gasteiger partial charge in [-0.15, -0.1) is 0 Å². The Morgan fingerprint density at radius 1 is 0.706 bits per heavy atom. The second-order valence-electron chi connectivity index (χ2n) is 23.6. The van der Waals surface area contributed by atoms with Crippen LogP contribution in [0.15, 0.2) is 11.6 Å². The molecule has 22 atom stereocenters. The summed E-state index contributed by atoms with van der Waals surface area (Å²) in [6, 6.07) is 0.